The molecule has 0 aliphatic carbocycles. The van der Waals surface area contributed by atoms with Crippen LogP contribution in [0.2, 0.25) is 5.02 Å². The number of aryl methyl sites for hydroxylation is 1. The molecule has 0 saturated carbocycles. The van der Waals surface area contributed by atoms with E-state index in [4.69, 9.17) is 11.6 Å². The van der Waals surface area contributed by atoms with Crippen molar-refractivity contribution in [1.82, 2.24) is 0 Å². The Hall–Kier alpha value is -0.830. The number of nitrogens with one attached hydrogen (secondary N) is 1. The molecule has 1 nitrogen and oxygen atoms in total. The van der Waals surface area contributed by atoms with E-state index in [1.165, 1.54) is 0 Å². The van der Waals surface area contributed by atoms with Gasteiger partial charge in [0.25, 0.3) is 5.92 Å². The van der Waals surface area contributed by atoms with Crippen LogP contribution >= 0.6 is 11.6 Å². The summed E-state index contributed by atoms with van der Waals surface area (Å²) in [6.45, 7) is -0.290. The number of anilines is 1. The van der Waals surface area contributed by atoms with E-state index in [0.29, 0.717) is 11.4 Å². The van der Waals surface area contributed by atoms with Crippen molar-refractivity contribution in [3.63, 3.8) is 0 Å². The van der Waals surface area contributed by atoms with E-state index in [1.54, 1.807) is 18.2 Å². The fraction of sp³-hybridized carbons (Fsp3) is 0.400. The fourth-order valence-corrected chi connectivity index (χ4v) is 1.77. The Morgan fingerprint density at radius 3 is 2.93 bits per heavy atom. The van der Waals surface area contributed by atoms with Crippen molar-refractivity contribution in [3.8, 4) is 0 Å². The molecule has 1 N–H and O–H groups in total. The van der Waals surface area contributed by atoms with Gasteiger partial charge in [-0.2, -0.15) is 0 Å². The summed E-state index contributed by atoms with van der Waals surface area (Å²) in [4.78, 5) is 0. The standard InChI is InChI=1S/C10H10ClF2N/c11-8-1-2-9-7(5-8)3-4-10(12,13)6-14-9/h1-2,5,14H,3-4,6H2. The van der Waals surface area contributed by atoms with Gasteiger partial charge in [-0.15, -0.1) is 0 Å². The maximum atomic E-state index is 13.0. The van der Waals surface area contributed by atoms with Crippen molar-refractivity contribution in [3.05, 3.63) is 28.8 Å². The summed E-state index contributed by atoms with van der Waals surface area (Å²) in [5, 5.41) is 3.33. The molecule has 0 aromatic heterocycles. The molecular weight excluding hydrogens is 208 g/mol. The minimum atomic E-state index is -2.62. The summed E-state index contributed by atoms with van der Waals surface area (Å²) in [6, 6.07) is 5.20. The summed E-state index contributed by atoms with van der Waals surface area (Å²) in [5.41, 5.74) is 1.64. The molecule has 76 valence electrons. The zero-order valence-corrected chi connectivity index (χ0v) is 8.24. The van der Waals surface area contributed by atoms with Gasteiger partial charge < -0.3 is 5.32 Å². The van der Waals surface area contributed by atoms with Gasteiger partial charge in [-0.25, -0.2) is 8.78 Å². The summed E-state index contributed by atoms with van der Waals surface area (Å²) in [7, 11) is 0. The van der Waals surface area contributed by atoms with E-state index < -0.39 is 5.92 Å². The highest BCUT2D eigenvalue weighted by molar-refractivity contribution is 6.30. The first kappa shape index (κ1) is 9.71. The third-order valence-corrected chi connectivity index (χ3v) is 2.60. The molecule has 0 radical (unpaired) electrons. The number of rotatable bonds is 0. The molecule has 4 heteroatoms. The van der Waals surface area contributed by atoms with E-state index in [2.05, 4.69) is 5.32 Å². The number of fused-ring (bicyclic) bond motifs is 1. The molecule has 1 aliphatic heterocycles. The average Bonchev–Trinajstić information content (AvgIpc) is 2.26. The zero-order chi connectivity index (χ0) is 10.2. The van der Waals surface area contributed by atoms with Crippen LogP contribution in [0.4, 0.5) is 14.5 Å². The van der Waals surface area contributed by atoms with Crippen LogP contribution in [0, 0.1) is 0 Å². The lowest BCUT2D eigenvalue weighted by molar-refractivity contribution is 0.00842. The van der Waals surface area contributed by atoms with Gasteiger partial charge in [0.05, 0.1) is 6.54 Å². The summed E-state index contributed by atoms with van der Waals surface area (Å²) in [6.07, 6.45) is 0.253. The molecule has 0 amide bonds. The minimum Gasteiger partial charge on any atom is -0.379 e. The van der Waals surface area contributed by atoms with E-state index in [9.17, 15) is 8.78 Å². The Balaban J connectivity index is 2.30. The molecule has 0 spiro atoms. The molecule has 14 heavy (non-hydrogen) atoms. The smallest absolute Gasteiger partial charge is 0.265 e. The Morgan fingerprint density at radius 1 is 1.36 bits per heavy atom. The zero-order valence-electron chi connectivity index (χ0n) is 7.49. The molecule has 0 saturated heterocycles. The van der Waals surface area contributed by atoms with E-state index >= 15 is 0 Å². The van der Waals surface area contributed by atoms with Crippen molar-refractivity contribution >= 4 is 17.3 Å². The molecule has 0 fully saturated rings. The molecular formula is C10H10ClF2N. The Bertz CT molecular complexity index is 352. The predicted octanol–water partition coefficient (Wildman–Crippen LogP) is 3.33. The number of benzene rings is 1. The van der Waals surface area contributed by atoms with Crippen molar-refractivity contribution in [2.75, 3.05) is 11.9 Å². The number of halogens is 3. The highest BCUT2D eigenvalue weighted by Gasteiger charge is 2.31. The van der Waals surface area contributed by atoms with Crippen molar-refractivity contribution < 1.29 is 8.78 Å². The second-order valence-corrected chi connectivity index (χ2v) is 3.95. The van der Waals surface area contributed by atoms with Crippen molar-refractivity contribution in [2.45, 2.75) is 18.8 Å². The SMILES string of the molecule is FC1(F)CCc2cc(Cl)ccc2NC1. The topological polar surface area (TPSA) is 12.0 Å². The molecule has 1 heterocycles. The lowest BCUT2D eigenvalue weighted by Crippen LogP contribution is -2.25. The largest absolute Gasteiger partial charge is 0.379 e. The van der Waals surface area contributed by atoms with Crippen LogP contribution in [0.5, 0.6) is 0 Å². The van der Waals surface area contributed by atoms with Gasteiger partial charge in [0.1, 0.15) is 0 Å². The molecule has 2 rings (SSSR count). The first-order valence-corrected chi connectivity index (χ1v) is 4.85. The normalized spacial score (nSPS) is 19.4. The van der Waals surface area contributed by atoms with Crippen molar-refractivity contribution in [2.24, 2.45) is 0 Å². The van der Waals surface area contributed by atoms with Crippen LogP contribution in [0.25, 0.3) is 0 Å². The first-order chi connectivity index (χ1) is 6.57. The van der Waals surface area contributed by atoms with Gasteiger partial charge in [0, 0.05) is 17.1 Å². The number of hydrogen-bond donors (Lipinski definition) is 1. The lowest BCUT2D eigenvalue weighted by Gasteiger charge is -2.12. The predicted molar refractivity (Wildman–Crippen MR) is 53.2 cm³/mol. The summed E-state index contributed by atoms with van der Waals surface area (Å²) in [5.74, 6) is -2.62. The fourth-order valence-electron chi connectivity index (χ4n) is 1.57. The van der Waals surface area contributed by atoms with Crippen LogP contribution in [-0.4, -0.2) is 12.5 Å². The second-order valence-electron chi connectivity index (χ2n) is 3.51. The van der Waals surface area contributed by atoms with Gasteiger partial charge in [-0.3, -0.25) is 0 Å². The number of alkyl halides is 2. The highest BCUT2D eigenvalue weighted by Crippen LogP contribution is 2.30. The monoisotopic (exact) mass is 217 g/mol. The third kappa shape index (κ3) is 1.98. The van der Waals surface area contributed by atoms with E-state index in [0.717, 1.165) is 11.3 Å². The Labute approximate surface area is 86.1 Å². The minimum absolute atomic E-state index is 0.118. The van der Waals surface area contributed by atoms with Gasteiger partial charge in [0.15, 0.2) is 0 Å². The van der Waals surface area contributed by atoms with Gasteiger partial charge in [-0.1, -0.05) is 11.6 Å². The Morgan fingerprint density at radius 2 is 2.14 bits per heavy atom. The average molecular weight is 218 g/mol. The molecule has 0 bridgehead atoms. The third-order valence-electron chi connectivity index (χ3n) is 2.36. The van der Waals surface area contributed by atoms with E-state index in [1.807, 2.05) is 0 Å². The summed E-state index contributed by atoms with van der Waals surface area (Å²) < 4.78 is 26.1. The maximum Gasteiger partial charge on any atom is 0.265 e. The molecule has 1 aliphatic rings. The highest BCUT2D eigenvalue weighted by atomic mass is 35.5. The molecule has 1 aromatic carbocycles. The van der Waals surface area contributed by atoms with Crippen molar-refractivity contribution in [1.29, 1.82) is 0 Å². The lowest BCUT2D eigenvalue weighted by atomic mass is 10.1. The first-order valence-electron chi connectivity index (χ1n) is 4.47. The van der Waals surface area contributed by atoms with Gasteiger partial charge in [-0.05, 0) is 30.2 Å². The molecule has 0 unspecified atom stereocenters. The van der Waals surface area contributed by atoms with Gasteiger partial charge >= 0.3 is 0 Å². The number of hydrogen-bond acceptors (Lipinski definition) is 1. The van der Waals surface area contributed by atoms with E-state index in [-0.39, 0.29) is 13.0 Å². The van der Waals surface area contributed by atoms with Crippen LogP contribution in [-0.2, 0) is 6.42 Å². The van der Waals surface area contributed by atoms with Crippen LogP contribution in [0.1, 0.15) is 12.0 Å². The Kier molecular flexibility index (Phi) is 2.35. The quantitative estimate of drug-likeness (QED) is 0.703. The summed E-state index contributed by atoms with van der Waals surface area (Å²) >= 11 is 5.79. The van der Waals surface area contributed by atoms with Crippen LogP contribution < -0.4 is 5.32 Å². The maximum absolute atomic E-state index is 13.0. The van der Waals surface area contributed by atoms with Gasteiger partial charge in [0.2, 0.25) is 0 Å². The molecule has 0 atom stereocenters. The van der Waals surface area contributed by atoms with Crippen LogP contribution in [0.3, 0.4) is 0 Å². The van der Waals surface area contributed by atoms with Crippen LogP contribution in [0.15, 0.2) is 18.2 Å². The second kappa shape index (κ2) is 3.39. The molecule has 1 aromatic rings.